The summed E-state index contributed by atoms with van der Waals surface area (Å²) in [5.41, 5.74) is 0.936. The molecule has 0 aromatic heterocycles. The van der Waals surface area contributed by atoms with Crippen molar-refractivity contribution in [3.63, 3.8) is 0 Å². The third-order valence-corrected chi connectivity index (χ3v) is 2.07. The molecule has 0 spiro atoms. The molecule has 0 radical (unpaired) electrons. The van der Waals surface area contributed by atoms with Crippen LogP contribution in [0.15, 0.2) is 22.7 Å². The Hall–Kier alpha value is -0.410. The van der Waals surface area contributed by atoms with Crippen LogP contribution in [0.3, 0.4) is 0 Å². The minimum absolute atomic E-state index is 0.800. The lowest BCUT2D eigenvalue weighted by Gasteiger charge is -2.03. The lowest BCUT2D eigenvalue weighted by atomic mass is 10.2. The predicted octanol–water partition coefficient (Wildman–Crippen LogP) is 2.81. The second-order valence-corrected chi connectivity index (χ2v) is 3.16. The monoisotopic (exact) mass is 230 g/mol. The Morgan fingerprint density at radius 2 is 2.27 bits per heavy atom. The summed E-state index contributed by atoms with van der Waals surface area (Å²) in [5.74, 6) is 0.800. The Morgan fingerprint density at radius 1 is 1.55 bits per heavy atom. The second-order valence-electron chi connectivity index (χ2n) is 2.00. The van der Waals surface area contributed by atoms with E-state index in [1.54, 1.807) is 12.5 Å². The van der Waals surface area contributed by atoms with Gasteiger partial charge in [-0.25, -0.2) is 0 Å². The topological polar surface area (TPSA) is 9.23 Å². The Morgan fingerprint density at radius 3 is 2.82 bits per heavy atom. The molecule has 1 aromatic carbocycles. The number of rotatable bonds is 2. The van der Waals surface area contributed by atoms with Gasteiger partial charge in [-0.05, 0) is 18.2 Å². The van der Waals surface area contributed by atoms with Crippen molar-refractivity contribution in [1.82, 2.24) is 0 Å². The summed E-state index contributed by atoms with van der Waals surface area (Å²) in [7, 11) is 1.63. The standard InChI is InChI=1S/C8H7BrOS/c1-10-8-4-7(9)3-2-6(8)5-11/h2-5H,1H3. The van der Waals surface area contributed by atoms with E-state index in [4.69, 9.17) is 17.0 Å². The van der Waals surface area contributed by atoms with E-state index in [0.29, 0.717) is 0 Å². The van der Waals surface area contributed by atoms with Crippen LogP contribution >= 0.6 is 28.1 Å². The Labute approximate surface area is 79.5 Å². The Balaban J connectivity index is 3.16. The van der Waals surface area contributed by atoms with Crippen molar-refractivity contribution in [2.45, 2.75) is 0 Å². The molecule has 1 rings (SSSR count). The number of ether oxygens (including phenoxy) is 1. The molecule has 1 nitrogen and oxygen atoms in total. The summed E-state index contributed by atoms with van der Waals surface area (Å²) < 4.78 is 6.08. The van der Waals surface area contributed by atoms with Gasteiger partial charge in [0.15, 0.2) is 0 Å². The zero-order valence-electron chi connectivity index (χ0n) is 6.00. The SMILES string of the molecule is COc1cc(Br)ccc1C=S. The van der Waals surface area contributed by atoms with E-state index in [1.165, 1.54) is 0 Å². The maximum absolute atomic E-state index is 5.09. The van der Waals surface area contributed by atoms with Crippen LogP contribution in [0.4, 0.5) is 0 Å². The quantitative estimate of drug-likeness (QED) is 0.724. The normalized spacial score (nSPS) is 9.27. The van der Waals surface area contributed by atoms with Gasteiger partial charge in [-0.15, -0.1) is 0 Å². The first-order chi connectivity index (χ1) is 5.27. The van der Waals surface area contributed by atoms with Crippen molar-refractivity contribution in [3.05, 3.63) is 28.2 Å². The molecule has 0 aliphatic heterocycles. The summed E-state index contributed by atoms with van der Waals surface area (Å²) in [6, 6.07) is 5.73. The van der Waals surface area contributed by atoms with Crippen LogP contribution in [0.5, 0.6) is 5.75 Å². The third kappa shape index (κ3) is 2.01. The summed E-state index contributed by atoms with van der Waals surface area (Å²) in [6.45, 7) is 0. The molecule has 0 aliphatic rings. The number of benzene rings is 1. The molecule has 0 saturated carbocycles. The van der Waals surface area contributed by atoms with Crippen molar-refractivity contribution in [2.75, 3.05) is 7.11 Å². The van der Waals surface area contributed by atoms with E-state index >= 15 is 0 Å². The molecule has 0 amide bonds. The number of thiocarbonyl (C=S) groups is 1. The lowest BCUT2D eigenvalue weighted by Crippen LogP contribution is -1.88. The number of methoxy groups -OCH3 is 1. The molecule has 0 N–H and O–H groups in total. The van der Waals surface area contributed by atoms with Gasteiger partial charge in [0.05, 0.1) is 7.11 Å². The summed E-state index contributed by atoms with van der Waals surface area (Å²) in [4.78, 5) is 0. The van der Waals surface area contributed by atoms with Crippen molar-refractivity contribution in [1.29, 1.82) is 0 Å². The second kappa shape index (κ2) is 3.83. The number of halogens is 1. The molecular weight excluding hydrogens is 224 g/mol. The molecular formula is C8H7BrOS. The average Bonchev–Trinajstić information content (AvgIpc) is 2.04. The van der Waals surface area contributed by atoms with Crippen LogP contribution in [0.1, 0.15) is 5.56 Å². The fraction of sp³-hybridized carbons (Fsp3) is 0.125. The van der Waals surface area contributed by atoms with E-state index in [2.05, 4.69) is 15.9 Å². The molecule has 0 heterocycles. The molecule has 1 aromatic rings. The van der Waals surface area contributed by atoms with E-state index in [1.807, 2.05) is 18.2 Å². The fourth-order valence-electron chi connectivity index (χ4n) is 0.782. The van der Waals surface area contributed by atoms with E-state index < -0.39 is 0 Å². The van der Waals surface area contributed by atoms with Crippen LogP contribution in [-0.2, 0) is 0 Å². The van der Waals surface area contributed by atoms with Gasteiger partial charge in [0.25, 0.3) is 0 Å². The van der Waals surface area contributed by atoms with Crippen molar-refractivity contribution in [3.8, 4) is 5.75 Å². The summed E-state index contributed by atoms with van der Waals surface area (Å²) in [5, 5.41) is 1.60. The van der Waals surface area contributed by atoms with E-state index in [0.717, 1.165) is 15.8 Å². The smallest absolute Gasteiger partial charge is 0.128 e. The van der Waals surface area contributed by atoms with E-state index in [-0.39, 0.29) is 0 Å². The van der Waals surface area contributed by atoms with Gasteiger partial charge >= 0.3 is 0 Å². The predicted molar refractivity (Wildman–Crippen MR) is 53.5 cm³/mol. The molecule has 0 bridgehead atoms. The largest absolute Gasteiger partial charge is 0.496 e. The molecule has 3 heteroatoms. The Kier molecular flexibility index (Phi) is 3.02. The Bertz CT molecular complexity index is 273. The number of hydrogen-bond acceptors (Lipinski definition) is 2. The lowest BCUT2D eigenvalue weighted by molar-refractivity contribution is 0.414. The number of hydrogen-bond donors (Lipinski definition) is 0. The first-order valence-electron chi connectivity index (χ1n) is 3.06. The van der Waals surface area contributed by atoms with Gasteiger partial charge in [0.2, 0.25) is 0 Å². The average molecular weight is 231 g/mol. The van der Waals surface area contributed by atoms with Crippen molar-refractivity contribution in [2.24, 2.45) is 0 Å². The maximum Gasteiger partial charge on any atom is 0.128 e. The minimum Gasteiger partial charge on any atom is -0.496 e. The van der Waals surface area contributed by atoms with Crippen LogP contribution < -0.4 is 4.74 Å². The first-order valence-corrected chi connectivity index (χ1v) is 4.33. The van der Waals surface area contributed by atoms with Crippen molar-refractivity contribution < 1.29 is 4.74 Å². The van der Waals surface area contributed by atoms with E-state index in [9.17, 15) is 0 Å². The summed E-state index contributed by atoms with van der Waals surface area (Å²) >= 11 is 8.13. The van der Waals surface area contributed by atoms with Gasteiger partial charge in [0.1, 0.15) is 5.75 Å². The fourth-order valence-corrected chi connectivity index (χ4v) is 1.32. The third-order valence-electron chi connectivity index (χ3n) is 1.32. The highest BCUT2D eigenvalue weighted by Gasteiger charge is 1.98. The minimum atomic E-state index is 0.800. The van der Waals surface area contributed by atoms with Crippen LogP contribution in [0, 0.1) is 0 Å². The van der Waals surface area contributed by atoms with Crippen LogP contribution in [-0.4, -0.2) is 12.5 Å². The molecule has 0 saturated heterocycles. The molecule has 0 atom stereocenters. The van der Waals surface area contributed by atoms with Gasteiger partial charge < -0.3 is 4.74 Å². The molecule has 11 heavy (non-hydrogen) atoms. The molecule has 0 aliphatic carbocycles. The van der Waals surface area contributed by atoms with Crippen LogP contribution in [0.2, 0.25) is 0 Å². The van der Waals surface area contributed by atoms with Gasteiger partial charge in [0, 0.05) is 15.4 Å². The van der Waals surface area contributed by atoms with Gasteiger partial charge in [-0.3, -0.25) is 0 Å². The molecule has 0 unspecified atom stereocenters. The molecule has 58 valence electrons. The van der Waals surface area contributed by atoms with Gasteiger partial charge in [-0.2, -0.15) is 0 Å². The molecule has 0 fully saturated rings. The highest BCUT2D eigenvalue weighted by molar-refractivity contribution is 9.10. The highest BCUT2D eigenvalue weighted by Crippen LogP contribution is 2.21. The summed E-state index contributed by atoms with van der Waals surface area (Å²) in [6.07, 6.45) is 0. The zero-order chi connectivity index (χ0) is 8.27. The van der Waals surface area contributed by atoms with Crippen molar-refractivity contribution >= 4 is 33.5 Å². The highest BCUT2D eigenvalue weighted by atomic mass is 79.9. The first kappa shape index (κ1) is 8.68. The van der Waals surface area contributed by atoms with Gasteiger partial charge in [-0.1, -0.05) is 28.1 Å². The zero-order valence-corrected chi connectivity index (χ0v) is 8.41. The maximum atomic E-state index is 5.09. The van der Waals surface area contributed by atoms with Crippen LogP contribution in [0.25, 0.3) is 0 Å².